The summed E-state index contributed by atoms with van der Waals surface area (Å²) >= 11 is 0. The molecular formula is C17H19NO3. The molecule has 2 aromatic rings. The second-order valence-corrected chi connectivity index (χ2v) is 6.32. The van der Waals surface area contributed by atoms with Crippen molar-refractivity contribution in [3.8, 4) is 11.5 Å². The number of aryl methyl sites for hydroxylation is 1. The summed E-state index contributed by atoms with van der Waals surface area (Å²) < 4.78 is 12.0. The number of aromatic nitrogens is 1. The number of phenols is 1. The van der Waals surface area contributed by atoms with Crippen LogP contribution < -0.4 is 4.74 Å². The fourth-order valence-electron chi connectivity index (χ4n) is 3.73. The number of rotatable bonds is 1. The maximum atomic E-state index is 10.2. The summed E-state index contributed by atoms with van der Waals surface area (Å²) in [6.45, 7) is 3.88. The third kappa shape index (κ3) is 1.71. The second-order valence-electron chi connectivity index (χ2n) is 6.32. The summed E-state index contributed by atoms with van der Waals surface area (Å²) in [5, 5.41) is 10.2. The summed E-state index contributed by atoms with van der Waals surface area (Å²) in [5.74, 6) is 2.37. The summed E-state index contributed by atoms with van der Waals surface area (Å²) in [4.78, 5) is 4.06. The van der Waals surface area contributed by atoms with Gasteiger partial charge in [-0.1, -0.05) is 0 Å². The number of hydrogen-bond acceptors (Lipinski definition) is 4. The van der Waals surface area contributed by atoms with Crippen molar-refractivity contribution in [2.45, 2.75) is 51.0 Å². The number of phenolic OH excluding ortho intramolecular Hbond substituents is 1. The quantitative estimate of drug-likeness (QED) is 0.869. The second kappa shape index (κ2) is 4.26. The number of ether oxygens (including phenoxy) is 1. The van der Waals surface area contributed by atoms with E-state index in [4.69, 9.17) is 9.15 Å². The lowest BCUT2D eigenvalue weighted by Crippen LogP contribution is -2.51. The molecule has 0 bridgehead atoms. The van der Waals surface area contributed by atoms with Gasteiger partial charge < -0.3 is 14.3 Å². The van der Waals surface area contributed by atoms with Crippen molar-refractivity contribution in [3.63, 3.8) is 0 Å². The molecule has 2 heterocycles. The first-order valence-electron chi connectivity index (χ1n) is 7.50. The monoisotopic (exact) mass is 285 g/mol. The highest BCUT2D eigenvalue weighted by atomic mass is 16.5. The van der Waals surface area contributed by atoms with Gasteiger partial charge in [0.15, 0.2) is 6.39 Å². The molecule has 1 atom stereocenters. The van der Waals surface area contributed by atoms with Gasteiger partial charge in [-0.15, -0.1) is 0 Å². The predicted octanol–water partition coefficient (Wildman–Crippen LogP) is 3.64. The molecule has 4 nitrogen and oxygen atoms in total. The van der Waals surface area contributed by atoms with Crippen LogP contribution in [0.3, 0.4) is 0 Å². The van der Waals surface area contributed by atoms with E-state index in [0.29, 0.717) is 5.75 Å². The summed E-state index contributed by atoms with van der Waals surface area (Å²) in [7, 11) is 0. The van der Waals surface area contributed by atoms with E-state index in [9.17, 15) is 5.11 Å². The highest BCUT2D eigenvalue weighted by Crippen LogP contribution is 2.53. The zero-order valence-electron chi connectivity index (χ0n) is 12.3. The van der Waals surface area contributed by atoms with Crippen molar-refractivity contribution < 1.29 is 14.3 Å². The van der Waals surface area contributed by atoms with E-state index < -0.39 is 0 Å². The molecule has 1 aliphatic carbocycles. The van der Waals surface area contributed by atoms with E-state index in [1.54, 1.807) is 6.20 Å². The van der Waals surface area contributed by atoms with Crippen LogP contribution in [0.1, 0.15) is 47.6 Å². The Morgan fingerprint density at radius 1 is 1.33 bits per heavy atom. The first-order chi connectivity index (χ1) is 10.1. The predicted molar refractivity (Wildman–Crippen MR) is 77.7 cm³/mol. The van der Waals surface area contributed by atoms with Gasteiger partial charge in [0, 0.05) is 5.56 Å². The van der Waals surface area contributed by atoms with Crippen molar-refractivity contribution in [1.29, 1.82) is 0 Å². The van der Waals surface area contributed by atoms with Crippen molar-refractivity contribution in [1.82, 2.24) is 4.98 Å². The van der Waals surface area contributed by atoms with Crippen molar-refractivity contribution in [2.75, 3.05) is 0 Å². The number of oxazole rings is 1. The molecule has 1 aromatic heterocycles. The van der Waals surface area contributed by atoms with Crippen LogP contribution in [0.2, 0.25) is 0 Å². The lowest BCUT2D eigenvalue weighted by molar-refractivity contribution is -0.0491. The van der Waals surface area contributed by atoms with Crippen molar-refractivity contribution in [2.24, 2.45) is 0 Å². The number of aromatic hydroxyl groups is 1. The van der Waals surface area contributed by atoms with Crippen LogP contribution in [-0.4, -0.2) is 15.7 Å². The van der Waals surface area contributed by atoms with Gasteiger partial charge in [0.1, 0.15) is 22.9 Å². The van der Waals surface area contributed by atoms with E-state index in [1.165, 1.54) is 12.8 Å². The zero-order chi connectivity index (χ0) is 14.6. The number of nitrogens with zero attached hydrogens (tertiary/aromatic N) is 1. The van der Waals surface area contributed by atoms with E-state index in [0.717, 1.165) is 47.5 Å². The number of fused-ring (bicyclic) bond motifs is 1. The van der Waals surface area contributed by atoms with Crippen LogP contribution in [0.4, 0.5) is 0 Å². The zero-order valence-corrected chi connectivity index (χ0v) is 12.3. The molecule has 0 amide bonds. The molecule has 1 spiro atoms. The fraction of sp³-hybridized carbons (Fsp3) is 0.471. The molecule has 2 aliphatic rings. The minimum absolute atomic E-state index is 0.150. The third-order valence-corrected chi connectivity index (χ3v) is 5.18. The maximum Gasteiger partial charge on any atom is 0.180 e. The Kier molecular flexibility index (Phi) is 2.59. The van der Waals surface area contributed by atoms with Gasteiger partial charge in [0.25, 0.3) is 0 Å². The molecule has 4 rings (SSSR count). The molecule has 1 aromatic carbocycles. The van der Waals surface area contributed by atoms with Crippen LogP contribution in [-0.2, 0) is 6.42 Å². The van der Waals surface area contributed by atoms with Gasteiger partial charge in [-0.3, -0.25) is 0 Å². The molecule has 21 heavy (non-hydrogen) atoms. The highest BCUT2D eigenvalue weighted by Gasteiger charge is 2.51. The van der Waals surface area contributed by atoms with Crippen LogP contribution in [0, 0.1) is 13.8 Å². The Morgan fingerprint density at radius 2 is 2.14 bits per heavy atom. The van der Waals surface area contributed by atoms with Gasteiger partial charge in [-0.05, 0) is 56.7 Å². The maximum absolute atomic E-state index is 10.2. The molecule has 1 aliphatic heterocycles. The Bertz CT molecular complexity index is 687. The topological polar surface area (TPSA) is 55.5 Å². The molecular weight excluding hydrogens is 266 g/mol. The molecule has 1 N–H and O–H groups in total. The molecule has 4 heteroatoms. The Hall–Kier alpha value is -1.97. The van der Waals surface area contributed by atoms with Crippen molar-refractivity contribution >= 4 is 0 Å². The summed E-state index contributed by atoms with van der Waals surface area (Å²) in [6, 6.07) is 1.97. The minimum atomic E-state index is -0.150. The van der Waals surface area contributed by atoms with E-state index >= 15 is 0 Å². The van der Waals surface area contributed by atoms with Gasteiger partial charge >= 0.3 is 0 Å². The molecule has 0 radical (unpaired) electrons. The van der Waals surface area contributed by atoms with Crippen molar-refractivity contribution in [3.05, 3.63) is 41.1 Å². The van der Waals surface area contributed by atoms with Gasteiger partial charge in [-0.2, -0.15) is 0 Å². The smallest absolute Gasteiger partial charge is 0.180 e. The fourth-order valence-corrected chi connectivity index (χ4v) is 3.73. The Balaban J connectivity index is 1.84. The average molecular weight is 285 g/mol. The molecule has 1 fully saturated rings. The minimum Gasteiger partial charge on any atom is -0.507 e. The van der Waals surface area contributed by atoms with Crippen LogP contribution in [0.15, 0.2) is 23.1 Å². The van der Waals surface area contributed by atoms with Gasteiger partial charge in [0.05, 0.1) is 12.1 Å². The molecule has 1 saturated carbocycles. The van der Waals surface area contributed by atoms with E-state index in [2.05, 4.69) is 4.98 Å². The van der Waals surface area contributed by atoms with E-state index in [-0.39, 0.29) is 11.5 Å². The van der Waals surface area contributed by atoms with Crippen LogP contribution in [0.5, 0.6) is 11.5 Å². The SMILES string of the molecule is Cc1cc2c(c(C)c1O)CC(c1cnco1)C1(CCC1)O2. The third-order valence-electron chi connectivity index (χ3n) is 5.18. The van der Waals surface area contributed by atoms with Crippen LogP contribution in [0.25, 0.3) is 0 Å². The van der Waals surface area contributed by atoms with E-state index in [1.807, 2.05) is 19.9 Å². The summed E-state index contributed by atoms with van der Waals surface area (Å²) in [5.41, 5.74) is 2.74. The first-order valence-corrected chi connectivity index (χ1v) is 7.50. The highest BCUT2D eigenvalue weighted by molar-refractivity contribution is 5.54. The van der Waals surface area contributed by atoms with Crippen LogP contribution >= 0.6 is 0 Å². The Labute approximate surface area is 123 Å². The number of hydrogen-bond donors (Lipinski definition) is 1. The molecule has 110 valence electrons. The lowest BCUT2D eigenvalue weighted by Gasteiger charge is -2.50. The molecule has 1 unspecified atom stereocenters. The number of benzene rings is 1. The normalized spacial score (nSPS) is 22.5. The van der Waals surface area contributed by atoms with Gasteiger partial charge in [0.2, 0.25) is 0 Å². The Morgan fingerprint density at radius 3 is 2.76 bits per heavy atom. The lowest BCUT2D eigenvalue weighted by atomic mass is 9.66. The van der Waals surface area contributed by atoms with Gasteiger partial charge in [-0.25, -0.2) is 4.98 Å². The largest absolute Gasteiger partial charge is 0.507 e. The summed E-state index contributed by atoms with van der Waals surface area (Å²) in [6.07, 6.45) is 7.41. The average Bonchev–Trinajstić information content (AvgIpc) is 2.96. The standard InChI is InChI=1S/C17H19NO3/c1-10-6-14-12(11(2)16(10)19)7-13(15-8-18-9-20-15)17(21-14)4-3-5-17/h6,8-9,13,19H,3-5,7H2,1-2H3. The molecule has 0 saturated heterocycles. The first kappa shape index (κ1) is 12.7.